The van der Waals surface area contributed by atoms with E-state index in [0.29, 0.717) is 5.70 Å². The largest absolute Gasteiger partial charge is 0.386 e. The predicted octanol–water partition coefficient (Wildman–Crippen LogP) is -0.443. The predicted molar refractivity (Wildman–Crippen MR) is 38.2 cm³/mol. The quantitative estimate of drug-likeness (QED) is 0.368. The van der Waals surface area contributed by atoms with E-state index in [9.17, 15) is 0 Å². The lowest BCUT2D eigenvalue weighted by Gasteiger charge is -1.89. The standard InChI is InChI=1S/C7H11NO2/c1-2-3-4-5-7(6-9)8-10/h2-5,8-10H,1,6H2/p+1/b4-3-,7-5-. The summed E-state index contributed by atoms with van der Waals surface area (Å²) >= 11 is 0. The van der Waals surface area contributed by atoms with Crippen LogP contribution in [0.2, 0.25) is 0 Å². The van der Waals surface area contributed by atoms with Gasteiger partial charge >= 0.3 is 0 Å². The molecule has 0 saturated heterocycles. The minimum atomic E-state index is -0.155. The summed E-state index contributed by atoms with van der Waals surface area (Å²) in [5.74, 6) is 0. The fraction of sp³-hybridized carbons (Fsp3) is 0.143. The molecule has 0 atom stereocenters. The van der Waals surface area contributed by atoms with Gasteiger partial charge in [-0.15, -0.1) is 0 Å². The number of hydrogen-bond donors (Lipinski definition) is 3. The van der Waals surface area contributed by atoms with Gasteiger partial charge in [-0.1, -0.05) is 24.8 Å². The second-order valence-corrected chi connectivity index (χ2v) is 1.65. The lowest BCUT2D eigenvalue weighted by molar-refractivity contribution is -0.852. The Bertz CT molecular complexity index is 144. The van der Waals surface area contributed by atoms with E-state index in [1.54, 1.807) is 24.3 Å². The fourth-order valence-corrected chi connectivity index (χ4v) is 0.394. The Morgan fingerprint density at radius 3 is 2.60 bits per heavy atom. The highest BCUT2D eigenvalue weighted by atomic mass is 16.5. The minimum Gasteiger partial charge on any atom is -0.386 e. The van der Waals surface area contributed by atoms with Crippen LogP contribution < -0.4 is 5.48 Å². The van der Waals surface area contributed by atoms with E-state index in [0.717, 1.165) is 5.48 Å². The van der Waals surface area contributed by atoms with E-state index in [1.165, 1.54) is 0 Å². The third-order valence-electron chi connectivity index (χ3n) is 0.906. The molecule has 0 fully saturated rings. The summed E-state index contributed by atoms with van der Waals surface area (Å²) in [7, 11) is 0. The van der Waals surface area contributed by atoms with Crippen LogP contribution in [0.4, 0.5) is 0 Å². The molecular formula is C7H12NO2+. The maximum absolute atomic E-state index is 8.51. The first-order valence-electron chi connectivity index (χ1n) is 2.91. The SMILES string of the molecule is C=C/C=C\C=C(\CO)[NH2+]O. The second kappa shape index (κ2) is 6.22. The molecule has 0 spiro atoms. The Hall–Kier alpha value is -0.900. The minimum absolute atomic E-state index is 0.155. The molecule has 0 amide bonds. The maximum Gasteiger partial charge on any atom is 0.163 e. The Morgan fingerprint density at radius 1 is 1.50 bits per heavy atom. The Labute approximate surface area is 60.0 Å². The molecule has 56 valence electrons. The fourth-order valence-electron chi connectivity index (χ4n) is 0.394. The van der Waals surface area contributed by atoms with Crippen LogP contribution in [-0.2, 0) is 0 Å². The summed E-state index contributed by atoms with van der Waals surface area (Å²) in [6.07, 6.45) is 6.61. The highest BCUT2D eigenvalue weighted by Gasteiger charge is 1.91. The van der Waals surface area contributed by atoms with Gasteiger partial charge in [-0.25, -0.2) is 5.21 Å². The van der Waals surface area contributed by atoms with Gasteiger partial charge < -0.3 is 5.11 Å². The van der Waals surface area contributed by atoms with Gasteiger partial charge in [0.05, 0.1) is 0 Å². The van der Waals surface area contributed by atoms with Crippen LogP contribution in [0.3, 0.4) is 0 Å². The number of aliphatic hydroxyl groups excluding tert-OH is 1. The maximum atomic E-state index is 8.51. The van der Waals surface area contributed by atoms with Crippen molar-refractivity contribution in [1.82, 2.24) is 0 Å². The average Bonchev–Trinajstić information content (AvgIpc) is 1.99. The summed E-state index contributed by atoms with van der Waals surface area (Å²) < 4.78 is 0. The van der Waals surface area contributed by atoms with Gasteiger partial charge in [0.2, 0.25) is 0 Å². The van der Waals surface area contributed by atoms with E-state index in [1.807, 2.05) is 0 Å². The molecule has 0 rings (SSSR count). The van der Waals surface area contributed by atoms with Gasteiger partial charge in [0, 0.05) is 0 Å². The average molecular weight is 142 g/mol. The molecular weight excluding hydrogens is 130 g/mol. The summed E-state index contributed by atoms with van der Waals surface area (Å²) in [5, 5.41) is 16.9. The molecule has 3 heteroatoms. The zero-order valence-corrected chi connectivity index (χ0v) is 5.70. The van der Waals surface area contributed by atoms with Gasteiger partial charge in [-0.2, -0.15) is 5.48 Å². The molecule has 0 bridgehead atoms. The Morgan fingerprint density at radius 2 is 2.20 bits per heavy atom. The van der Waals surface area contributed by atoms with Crippen molar-refractivity contribution in [3.05, 3.63) is 36.6 Å². The van der Waals surface area contributed by atoms with Crippen molar-refractivity contribution in [2.45, 2.75) is 0 Å². The molecule has 0 aliphatic rings. The molecule has 0 saturated carbocycles. The molecule has 0 aromatic carbocycles. The summed E-state index contributed by atoms with van der Waals surface area (Å²) in [4.78, 5) is 0. The van der Waals surface area contributed by atoms with Gasteiger partial charge in [-0.3, -0.25) is 0 Å². The molecule has 10 heavy (non-hydrogen) atoms. The third-order valence-corrected chi connectivity index (χ3v) is 0.906. The number of allylic oxidation sites excluding steroid dienone is 4. The zero-order valence-electron chi connectivity index (χ0n) is 5.70. The van der Waals surface area contributed by atoms with Crippen molar-refractivity contribution in [2.24, 2.45) is 0 Å². The van der Waals surface area contributed by atoms with Crippen LogP contribution in [0.15, 0.2) is 36.6 Å². The molecule has 0 unspecified atom stereocenters. The molecule has 0 aliphatic heterocycles. The first-order chi connectivity index (χ1) is 4.85. The van der Waals surface area contributed by atoms with Crippen LogP contribution in [0.1, 0.15) is 0 Å². The van der Waals surface area contributed by atoms with Gasteiger partial charge in [0.25, 0.3) is 0 Å². The normalized spacial score (nSPS) is 12.4. The van der Waals surface area contributed by atoms with Crippen LogP contribution in [0, 0.1) is 0 Å². The van der Waals surface area contributed by atoms with Crippen molar-refractivity contribution in [3.63, 3.8) is 0 Å². The highest BCUT2D eigenvalue weighted by Crippen LogP contribution is 1.81. The Kier molecular flexibility index (Phi) is 5.66. The van der Waals surface area contributed by atoms with Gasteiger partial charge in [0.1, 0.15) is 6.61 Å². The lowest BCUT2D eigenvalue weighted by Crippen LogP contribution is -2.79. The van der Waals surface area contributed by atoms with E-state index < -0.39 is 0 Å². The topological polar surface area (TPSA) is 57.1 Å². The van der Waals surface area contributed by atoms with Crippen molar-refractivity contribution >= 4 is 0 Å². The first-order valence-corrected chi connectivity index (χ1v) is 2.91. The van der Waals surface area contributed by atoms with Crippen molar-refractivity contribution in [2.75, 3.05) is 6.61 Å². The van der Waals surface area contributed by atoms with Crippen molar-refractivity contribution in [1.29, 1.82) is 0 Å². The van der Waals surface area contributed by atoms with E-state index >= 15 is 0 Å². The van der Waals surface area contributed by atoms with E-state index in [4.69, 9.17) is 10.3 Å². The van der Waals surface area contributed by atoms with E-state index in [-0.39, 0.29) is 6.61 Å². The molecule has 3 nitrogen and oxygen atoms in total. The molecule has 0 aromatic rings. The number of nitrogens with two attached hydrogens (primary N) is 1. The van der Waals surface area contributed by atoms with Crippen LogP contribution in [0.5, 0.6) is 0 Å². The number of quaternary nitrogens is 1. The number of rotatable bonds is 4. The van der Waals surface area contributed by atoms with E-state index in [2.05, 4.69) is 6.58 Å². The molecule has 0 heterocycles. The van der Waals surface area contributed by atoms with Gasteiger partial charge in [0.15, 0.2) is 5.70 Å². The van der Waals surface area contributed by atoms with Crippen LogP contribution in [-0.4, -0.2) is 16.9 Å². The number of hydrogen-bond acceptors (Lipinski definition) is 2. The molecule has 0 aliphatic carbocycles. The zero-order chi connectivity index (χ0) is 7.82. The molecule has 4 N–H and O–H groups in total. The summed E-state index contributed by atoms with van der Waals surface area (Å²) in [6, 6.07) is 0. The summed E-state index contributed by atoms with van der Waals surface area (Å²) in [5.41, 5.74) is 1.34. The summed E-state index contributed by atoms with van der Waals surface area (Å²) in [6.45, 7) is 3.30. The molecule has 0 radical (unpaired) electrons. The highest BCUT2D eigenvalue weighted by molar-refractivity contribution is 5.10. The molecule has 0 aromatic heterocycles. The van der Waals surface area contributed by atoms with Crippen molar-refractivity contribution in [3.8, 4) is 0 Å². The van der Waals surface area contributed by atoms with Gasteiger partial charge in [-0.05, 0) is 6.08 Å². The Balaban J connectivity index is 3.85. The van der Waals surface area contributed by atoms with Crippen molar-refractivity contribution < 1.29 is 15.8 Å². The number of hydroxylamine groups is 1. The number of aliphatic hydroxyl groups is 1. The van der Waals surface area contributed by atoms with Crippen LogP contribution >= 0.6 is 0 Å². The third kappa shape index (κ3) is 4.03. The van der Waals surface area contributed by atoms with Crippen LogP contribution in [0.25, 0.3) is 0 Å². The monoisotopic (exact) mass is 142 g/mol. The smallest absolute Gasteiger partial charge is 0.163 e. The lowest BCUT2D eigenvalue weighted by atomic mass is 10.4. The first kappa shape index (κ1) is 9.10. The second-order valence-electron chi connectivity index (χ2n) is 1.65.